The minimum atomic E-state index is 0.473. The molecule has 0 aliphatic carbocycles. The summed E-state index contributed by atoms with van der Waals surface area (Å²) in [7, 11) is 0. The van der Waals surface area contributed by atoms with Gasteiger partial charge < -0.3 is 4.74 Å². The lowest BCUT2D eigenvalue weighted by atomic mass is 10.1. The van der Waals surface area contributed by atoms with E-state index in [4.69, 9.17) is 10.3 Å². The van der Waals surface area contributed by atoms with Gasteiger partial charge in [-0.2, -0.15) is 0 Å². The van der Waals surface area contributed by atoms with Crippen molar-refractivity contribution in [2.24, 2.45) is 5.11 Å². The van der Waals surface area contributed by atoms with E-state index in [1.54, 1.807) is 0 Å². The average molecular weight is 227 g/mol. The molecule has 4 heteroatoms. The van der Waals surface area contributed by atoms with Gasteiger partial charge >= 0.3 is 0 Å². The van der Waals surface area contributed by atoms with Crippen molar-refractivity contribution in [3.63, 3.8) is 0 Å². The molecular formula is C13H13N3O. The Labute approximate surface area is 99.5 Å². The molecule has 2 aromatic rings. The molecule has 0 saturated heterocycles. The van der Waals surface area contributed by atoms with Crippen LogP contribution < -0.4 is 4.74 Å². The summed E-state index contributed by atoms with van der Waals surface area (Å²) >= 11 is 0. The number of fused-ring (bicyclic) bond motifs is 1. The van der Waals surface area contributed by atoms with Gasteiger partial charge in [-0.25, -0.2) is 0 Å². The lowest BCUT2D eigenvalue weighted by molar-refractivity contribution is 0.317. The Kier molecular flexibility index (Phi) is 3.84. The summed E-state index contributed by atoms with van der Waals surface area (Å²) in [6, 6.07) is 14.1. The van der Waals surface area contributed by atoms with E-state index in [0.717, 1.165) is 17.6 Å². The minimum absolute atomic E-state index is 0.473. The minimum Gasteiger partial charge on any atom is -0.493 e. The molecule has 0 heterocycles. The van der Waals surface area contributed by atoms with Gasteiger partial charge in [0.1, 0.15) is 5.75 Å². The lowest BCUT2D eigenvalue weighted by Gasteiger charge is -2.08. The number of ether oxygens (including phenoxy) is 1. The number of rotatable bonds is 5. The van der Waals surface area contributed by atoms with E-state index < -0.39 is 0 Å². The second kappa shape index (κ2) is 5.77. The summed E-state index contributed by atoms with van der Waals surface area (Å²) in [5.74, 6) is 0.879. The molecular weight excluding hydrogens is 214 g/mol. The summed E-state index contributed by atoms with van der Waals surface area (Å²) < 4.78 is 5.68. The first-order valence-electron chi connectivity index (χ1n) is 5.53. The average Bonchev–Trinajstić information content (AvgIpc) is 2.39. The van der Waals surface area contributed by atoms with E-state index in [9.17, 15) is 0 Å². The molecule has 2 rings (SSSR count). The Morgan fingerprint density at radius 1 is 1.12 bits per heavy atom. The largest absolute Gasteiger partial charge is 0.493 e. The van der Waals surface area contributed by atoms with E-state index in [0.29, 0.717) is 13.2 Å². The first-order chi connectivity index (χ1) is 8.42. The van der Waals surface area contributed by atoms with Crippen molar-refractivity contribution in [1.29, 1.82) is 0 Å². The summed E-state index contributed by atoms with van der Waals surface area (Å²) in [6.45, 7) is 1.04. The van der Waals surface area contributed by atoms with E-state index >= 15 is 0 Å². The molecule has 0 amide bonds. The molecule has 0 aromatic heterocycles. The zero-order valence-electron chi connectivity index (χ0n) is 9.41. The molecule has 0 atom stereocenters. The van der Waals surface area contributed by atoms with Gasteiger partial charge in [0.05, 0.1) is 6.61 Å². The van der Waals surface area contributed by atoms with Gasteiger partial charge in [-0.05, 0) is 23.4 Å². The van der Waals surface area contributed by atoms with Crippen LogP contribution in [0.5, 0.6) is 5.75 Å². The Balaban J connectivity index is 2.05. The molecule has 0 aliphatic rings. The van der Waals surface area contributed by atoms with Gasteiger partial charge in [-0.1, -0.05) is 41.5 Å². The van der Waals surface area contributed by atoms with E-state index in [-0.39, 0.29) is 0 Å². The van der Waals surface area contributed by atoms with Crippen LogP contribution in [0, 0.1) is 0 Å². The quantitative estimate of drug-likeness (QED) is 0.330. The van der Waals surface area contributed by atoms with Crippen molar-refractivity contribution in [1.82, 2.24) is 0 Å². The molecule has 0 N–H and O–H groups in total. The molecule has 4 nitrogen and oxygen atoms in total. The highest BCUT2D eigenvalue weighted by atomic mass is 16.5. The van der Waals surface area contributed by atoms with Crippen LogP contribution in [0.3, 0.4) is 0 Å². The number of nitrogens with zero attached hydrogens (tertiary/aromatic N) is 3. The molecule has 0 radical (unpaired) electrons. The zero-order chi connectivity index (χ0) is 11.9. The number of hydrogen-bond donors (Lipinski definition) is 0. The summed E-state index contributed by atoms with van der Waals surface area (Å²) in [5.41, 5.74) is 8.14. The third-order valence-electron chi connectivity index (χ3n) is 2.47. The monoisotopic (exact) mass is 227 g/mol. The molecule has 86 valence electrons. The molecule has 17 heavy (non-hydrogen) atoms. The first kappa shape index (κ1) is 11.3. The van der Waals surface area contributed by atoms with Crippen molar-refractivity contribution < 1.29 is 4.74 Å². The highest BCUT2D eigenvalue weighted by Gasteiger charge is 2.00. The van der Waals surface area contributed by atoms with Crippen LogP contribution in [-0.2, 0) is 0 Å². The smallest absolute Gasteiger partial charge is 0.127 e. The van der Waals surface area contributed by atoms with E-state index in [1.807, 2.05) is 30.3 Å². The van der Waals surface area contributed by atoms with E-state index in [2.05, 4.69) is 22.2 Å². The molecule has 0 unspecified atom stereocenters. The fourth-order valence-corrected chi connectivity index (χ4v) is 1.68. The summed E-state index contributed by atoms with van der Waals surface area (Å²) in [6.07, 6.45) is 0.729. The predicted molar refractivity (Wildman–Crippen MR) is 68.1 cm³/mol. The van der Waals surface area contributed by atoms with Crippen LogP contribution in [0.25, 0.3) is 21.2 Å². The number of azide groups is 1. The van der Waals surface area contributed by atoms with Crippen molar-refractivity contribution in [3.05, 3.63) is 52.9 Å². The van der Waals surface area contributed by atoms with Crippen molar-refractivity contribution in [3.8, 4) is 5.75 Å². The van der Waals surface area contributed by atoms with Crippen LogP contribution in [0.2, 0.25) is 0 Å². The molecule has 0 spiro atoms. The second-order valence-corrected chi connectivity index (χ2v) is 3.63. The zero-order valence-corrected chi connectivity index (χ0v) is 9.41. The Bertz CT molecular complexity index is 542. The van der Waals surface area contributed by atoms with Crippen molar-refractivity contribution in [2.45, 2.75) is 6.42 Å². The lowest BCUT2D eigenvalue weighted by Crippen LogP contribution is -1.99. The molecule has 0 saturated carbocycles. The second-order valence-electron chi connectivity index (χ2n) is 3.63. The highest BCUT2D eigenvalue weighted by molar-refractivity contribution is 5.88. The van der Waals surface area contributed by atoms with Crippen LogP contribution in [-0.4, -0.2) is 13.2 Å². The van der Waals surface area contributed by atoms with Crippen LogP contribution in [0.1, 0.15) is 6.42 Å². The third kappa shape index (κ3) is 2.89. The standard InChI is InChI=1S/C13H13N3O/c14-16-15-9-4-10-17-13-8-3-6-11-5-1-2-7-12(11)13/h1-3,5-8H,4,9-10H2. The van der Waals surface area contributed by atoms with Gasteiger partial charge in [-0.3, -0.25) is 0 Å². The van der Waals surface area contributed by atoms with Gasteiger partial charge in [0.2, 0.25) is 0 Å². The van der Waals surface area contributed by atoms with E-state index in [1.165, 1.54) is 5.39 Å². The highest BCUT2D eigenvalue weighted by Crippen LogP contribution is 2.25. The molecule has 0 bridgehead atoms. The van der Waals surface area contributed by atoms with Gasteiger partial charge in [0.25, 0.3) is 0 Å². The maximum Gasteiger partial charge on any atom is 0.127 e. The predicted octanol–water partition coefficient (Wildman–Crippen LogP) is 3.92. The molecule has 2 aromatic carbocycles. The van der Waals surface area contributed by atoms with Crippen molar-refractivity contribution >= 4 is 10.8 Å². The third-order valence-corrected chi connectivity index (χ3v) is 2.47. The SMILES string of the molecule is [N-]=[N+]=NCCCOc1cccc2ccccc12. The van der Waals surface area contributed by atoms with Gasteiger partial charge in [0.15, 0.2) is 0 Å². The Hall–Kier alpha value is -2.19. The first-order valence-corrected chi connectivity index (χ1v) is 5.53. The normalized spacial score (nSPS) is 9.88. The Morgan fingerprint density at radius 2 is 1.94 bits per heavy atom. The fraction of sp³-hybridized carbons (Fsp3) is 0.231. The fourth-order valence-electron chi connectivity index (χ4n) is 1.68. The van der Waals surface area contributed by atoms with Crippen LogP contribution >= 0.6 is 0 Å². The van der Waals surface area contributed by atoms with Crippen molar-refractivity contribution in [2.75, 3.05) is 13.2 Å². The molecule has 0 fully saturated rings. The maximum atomic E-state index is 8.14. The maximum absolute atomic E-state index is 8.14. The number of benzene rings is 2. The number of hydrogen-bond acceptors (Lipinski definition) is 2. The van der Waals surface area contributed by atoms with Gasteiger partial charge in [-0.15, -0.1) is 0 Å². The summed E-state index contributed by atoms with van der Waals surface area (Å²) in [5, 5.41) is 5.74. The molecule has 0 aliphatic heterocycles. The van der Waals surface area contributed by atoms with Crippen LogP contribution in [0.4, 0.5) is 0 Å². The van der Waals surface area contributed by atoms with Gasteiger partial charge in [0, 0.05) is 16.8 Å². The van der Waals surface area contributed by atoms with Crippen LogP contribution in [0.15, 0.2) is 47.6 Å². The summed E-state index contributed by atoms with van der Waals surface area (Å²) in [4.78, 5) is 2.70. The topological polar surface area (TPSA) is 58.0 Å². The Morgan fingerprint density at radius 3 is 2.82 bits per heavy atom.